The molecular weight excluding hydrogens is 426 g/mol. The molecule has 1 nitrogen and oxygen atoms in total. The number of benzene rings is 3. The number of nitrogens with zero attached hydrogens (tertiary/aromatic N) is 1. The highest BCUT2D eigenvalue weighted by Gasteiger charge is 2.18. The van der Waals surface area contributed by atoms with Gasteiger partial charge in [-0.05, 0) is 37.3 Å². The summed E-state index contributed by atoms with van der Waals surface area (Å²) >= 11 is 5.67. The molecule has 0 aliphatic rings. The lowest BCUT2D eigenvalue weighted by atomic mass is 10.1. The van der Waals surface area contributed by atoms with Gasteiger partial charge in [0.1, 0.15) is 0 Å². The minimum atomic E-state index is 1.09. The van der Waals surface area contributed by atoms with E-state index in [1.54, 1.807) is 0 Å². The molecule has 0 atom stereocenters. The summed E-state index contributed by atoms with van der Waals surface area (Å²) in [7, 11) is 0. The zero-order valence-electron chi connectivity index (χ0n) is 15.2. The Kier molecular flexibility index (Phi) is 4.12. The van der Waals surface area contributed by atoms with Crippen molar-refractivity contribution in [2.75, 3.05) is 0 Å². The standard InChI is InChI=1S/C25H16BrNS/c1-3-10-17-19-15-20(26)23-18-13-8-9-14-22(18)28-25(23)24(19)27(21(17)4-2)16-11-6-5-7-12-16/h1,4-15H,2H3/b17-10-,21-4+. The molecule has 0 saturated heterocycles. The third-order valence-electron chi connectivity index (χ3n) is 5.12. The molecule has 0 amide bonds. The first-order valence-corrected chi connectivity index (χ1v) is 10.7. The fraction of sp³-hybridized carbons (Fsp3) is 0.0400. The lowest BCUT2D eigenvalue weighted by molar-refractivity contribution is 1.07. The van der Waals surface area contributed by atoms with Crippen LogP contribution in [-0.2, 0) is 0 Å². The molecule has 5 aromatic rings. The topological polar surface area (TPSA) is 4.93 Å². The molecule has 2 aromatic heterocycles. The second-order valence-electron chi connectivity index (χ2n) is 6.63. The lowest BCUT2D eigenvalue weighted by Gasteiger charge is -2.08. The molecule has 3 heteroatoms. The van der Waals surface area contributed by atoms with Crippen LogP contribution >= 0.6 is 27.3 Å². The Morgan fingerprint density at radius 3 is 2.54 bits per heavy atom. The van der Waals surface area contributed by atoms with Crippen LogP contribution in [0.3, 0.4) is 0 Å². The third kappa shape index (κ3) is 2.39. The van der Waals surface area contributed by atoms with E-state index in [4.69, 9.17) is 6.42 Å². The Bertz CT molecular complexity index is 1530. The van der Waals surface area contributed by atoms with Gasteiger partial charge in [0.2, 0.25) is 0 Å². The first-order valence-electron chi connectivity index (χ1n) is 9.07. The normalized spacial score (nSPS) is 13.0. The first-order chi connectivity index (χ1) is 13.7. The van der Waals surface area contributed by atoms with Crippen LogP contribution in [0.25, 0.3) is 48.9 Å². The quantitative estimate of drug-likeness (QED) is 0.282. The van der Waals surface area contributed by atoms with Crippen molar-refractivity contribution >= 4 is 70.5 Å². The molecule has 0 aliphatic heterocycles. The summed E-state index contributed by atoms with van der Waals surface area (Å²) in [4.78, 5) is 0. The van der Waals surface area contributed by atoms with Crippen molar-refractivity contribution in [2.24, 2.45) is 0 Å². The molecule has 0 fully saturated rings. The number of terminal acetylenes is 1. The van der Waals surface area contributed by atoms with Crippen LogP contribution in [0.15, 0.2) is 65.1 Å². The Morgan fingerprint density at radius 2 is 1.79 bits per heavy atom. The van der Waals surface area contributed by atoms with Crippen molar-refractivity contribution < 1.29 is 0 Å². The number of para-hydroxylation sites is 1. The van der Waals surface area contributed by atoms with Gasteiger partial charge in [-0.1, -0.05) is 64.3 Å². The van der Waals surface area contributed by atoms with E-state index in [-0.39, 0.29) is 0 Å². The van der Waals surface area contributed by atoms with Crippen molar-refractivity contribution in [3.8, 4) is 18.0 Å². The summed E-state index contributed by atoms with van der Waals surface area (Å²) in [5, 5.41) is 5.92. The smallest absolute Gasteiger partial charge is 0.0720 e. The maximum Gasteiger partial charge on any atom is 0.0720 e. The maximum absolute atomic E-state index is 5.70. The largest absolute Gasteiger partial charge is 0.308 e. The van der Waals surface area contributed by atoms with Gasteiger partial charge in [-0.25, -0.2) is 0 Å². The Morgan fingerprint density at radius 1 is 1.04 bits per heavy atom. The molecule has 0 N–H and O–H groups in total. The zero-order valence-corrected chi connectivity index (χ0v) is 17.6. The molecule has 5 rings (SSSR count). The van der Waals surface area contributed by atoms with Gasteiger partial charge >= 0.3 is 0 Å². The SMILES string of the molecule is C#C/C=c1\c(=C/C)n(-c2ccccc2)c2c1cc(Br)c1c3ccccc3sc12. The molecule has 3 aromatic carbocycles. The molecule has 0 saturated carbocycles. The van der Waals surface area contributed by atoms with E-state index in [2.05, 4.69) is 94.0 Å². The summed E-state index contributed by atoms with van der Waals surface area (Å²) in [6.45, 7) is 2.07. The fourth-order valence-electron chi connectivity index (χ4n) is 4.01. The molecule has 28 heavy (non-hydrogen) atoms. The average Bonchev–Trinajstić information content (AvgIpc) is 3.25. The monoisotopic (exact) mass is 441 g/mol. The summed E-state index contributed by atoms with van der Waals surface area (Å²) in [6, 6.07) is 21.3. The van der Waals surface area contributed by atoms with Gasteiger partial charge in [-0.2, -0.15) is 0 Å². The number of aromatic nitrogens is 1. The number of thiophene rings is 1. The van der Waals surface area contributed by atoms with Crippen molar-refractivity contribution in [1.29, 1.82) is 0 Å². The number of hydrogen-bond donors (Lipinski definition) is 0. The van der Waals surface area contributed by atoms with E-state index in [0.717, 1.165) is 20.7 Å². The number of halogens is 1. The van der Waals surface area contributed by atoms with Crippen molar-refractivity contribution in [3.05, 3.63) is 75.7 Å². The summed E-state index contributed by atoms with van der Waals surface area (Å²) < 4.78 is 6.00. The van der Waals surface area contributed by atoms with Gasteiger partial charge in [0.15, 0.2) is 0 Å². The maximum atomic E-state index is 5.70. The van der Waals surface area contributed by atoms with Crippen molar-refractivity contribution in [1.82, 2.24) is 4.57 Å². The molecule has 2 heterocycles. The lowest BCUT2D eigenvalue weighted by Crippen LogP contribution is -2.27. The highest BCUT2D eigenvalue weighted by molar-refractivity contribution is 9.10. The first kappa shape index (κ1) is 17.3. The molecule has 134 valence electrons. The van der Waals surface area contributed by atoms with Crippen molar-refractivity contribution in [3.63, 3.8) is 0 Å². The molecule has 0 unspecified atom stereocenters. The van der Waals surface area contributed by atoms with Gasteiger partial charge < -0.3 is 4.57 Å². The summed E-state index contributed by atoms with van der Waals surface area (Å²) in [6.07, 6.45) is 9.72. The Hall–Kier alpha value is -2.80. The van der Waals surface area contributed by atoms with Crippen LogP contribution in [0.1, 0.15) is 6.92 Å². The summed E-state index contributed by atoms with van der Waals surface area (Å²) in [5.74, 6) is 2.74. The minimum Gasteiger partial charge on any atom is -0.308 e. The van der Waals surface area contributed by atoms with Crippen LogP contribution in [0.5, 0.6) is 0 Å². The third-order valence-corrected chi connectivity index (χ3v) is 6.92. The highest BCUT2D eigenvalue weighted by Crippen LogP contribution is 2.42. The number of rotatable bonds is 1. The molecule has 0 aliphatic carbocycles. The van der Waals surface area contributed by atoms with E-state index < -0.39 is 0 Å². The van der Waals surface area contributed by atoms with Crippen molar-refractivity contribution in [2.45, 2.75) is 6.92 Å². The second-order valence-corrected chi connectivity index (χ2v) is 8.53. The van der Waals surface area contributed by atoms with E-state index in [9.17, 15) is 0 Å². The van der Waals surface area contributed by atoms with Crippen LogP contribution in [-0.4, -0.2) is 4.57 Å². The predicted octanol–water partition coefficient (Wildman–Crippen LogP) is 5.98. The minimum absolute atomic E-state index is 1.09. The molecular formula is C25H16BrNS. The van der Waals surface area contributed by atoms with Gasteiger partial charge in [0, 0.05) is 36.2 Å². The Balaban J connectivity index is 2.15. The number of fused-ring (bicyclic) bond motifs is 5. The zero-order chi connectivity index (χ0) is 19.3. The van der Waals surface area contributed by atoms with Gasteiger partial charge in [-0.15, -0.1) is 17.8 Å². The van der Waals surface area contributed by atoms with Crippen LogP contribution < -0.4 is 10.6 Å². The average molecular weight is 442 g/mol. The molecule has 0 bridgehead atoms. The van der Waals surface area contributed by atoms with E-state index in [1.807, 2.05) is 23.5 Å². The van der Waals surface area contributed by atoms with E-state index in [0.29, 0.717) is 0 Å². The van der Waals surface area contributed by atoms with E-state index >= 15 is 0 Å². The van der Waals surface area contributed by atoms with E-state index in [1.165, 1.54) is 31.1 Å². The molecule has 0 radical (unpaired) electrons. The highest BCUT2D eigenvalue weighted by atomic mass is 79.9. The fourth-order valence-corrected chi connectivity index (χ4v) is 6.05. The van der Waals surface area contributed by atoms with Crippen LogP contribution in [0.2, 0.25) is 0 Å². The number of hydrogen-bond acceptors (Lipinski definition) is 1. The van der Waals surface area contributed by atoms with Crippen LogP contribution in [0, 0.1) is 12.3 Å². The van der Waals surface area contributed by atoms with Gasteiger partial charge in [-0.3, -0.25) is 0 Å². The Labute approximate surface area is 175 Å². The molecule has 0 spiro atoms. The van der Waals surface area contributed by atoms with Gasteiger partial charge in [0.05, 0.1) is 15.6 Å². The van der Waals surface area contributed by atoms with Gasteiger partial charge in [0.25, 0.3) is 0 Å². The van der Waals surface area contributed by atoms with Crippen LogP contribution in [0.4, 0.5) is 0 Å². The summed E-state index contributed by atoms with van der Waals surface area (Å²) in [5.41, 5.74) is 2.35. The second kappa shape index (κ2) is 6.67. The predicted molar refractivity (Wildman–Crippen MR) is 127 cm³/mol.